The molecule has 220 valence electrons. The van der Waals surface area contributed by atoms with Gasteiger partial charge in [0.25, 0.3) is 11.4 Å². The first-order chi connectivity index (χ1) is 21.1. The van der Waals surface area contributed by atoms with Crippen molar-refractivity contribution in [3.63, 3.8) is 0 Å². The van der Waals surface area contributed by atoms with Crippen LogP contribution in [-0.4, -0.2) is 43.0 Å². The van der Waals surface area contributed by atoms with E-state index in [0.717, 1.165) is 15.9 Å². The minimum absolute atomic E-state index is 0.0917. The number of aromatic amines is 1. The normalized spacial score (nSPS) is 13.3. The quantitative estimate of drug-likeness (QED) is 0.307. The molecule has 11 nitrogen and oxygen atoms in total. The number of benzene rings is 2. The van der Waals surface area contributed by atoms with Gasteiger partial charge < -0.3 is 14.6 Å². The number of pyridine rings is 1. The number of anilines is 1. The monoisotopic (exact) mass is 616 g/mol. The third-order valence-corrected chi connectivity index (χ3v) is 8.59. The van der Waals surface area contributed by atoms with Crippen LogP contribution in [0.1, 0.15) is 17.2 Å². The summed E-state index contributed by atoms with van der Waals surface area (Å²) in [6.45, 7) is 0.671. The molecule has 0 spiro atoms. The number of halogens is 3. The van der Waals surface area contributed by atoms with Crippen LogP contribution >= 0.6 is 11.3 Å². The number of hydrogen-bond donors (Lipinski definition) is 1. The zero-order valence-corrected chi connectivity index (χ0v) is 23.5. The highest BCUT2D eigenvalue weighted by Gasteiger charge is 2.38. The molecule has 1 aliphatic heterocycles. The van der Waals surface area contributed by atoms with Crippen molar-refractivity contribution in [2.24, 2.45) is 0 Å². The predicted octanol–water partition coefficient (Wildman–Crippen LogP) is 4.47. The Kier molecular flexibility index (Phi) is 6.25. The predicted molar refractivity (Wildman–Crippen MR) is 156 cm³/mol. The fraction of sp³-hybridized carbons (Fsp3) is 0.172. The first-order valence-corrected chi connectivity index (χ1v) is 14.0. The molecule has 0 unspecified atom stereocenters. The van der Waals surface area contributed by atoms with Crippen molar-refractivity contribution in [3.8, 4) is 27.9 Å². The van der Waals surface area contributed by atoms with Crippen molar-refractivity contribution in [1.29, 1.82) is 5.26 Å². The highest BCUT2D eigenvalue weighted by Crippen LogP contribution is 2.35. The molecule has 6 aromatic rings. The van der Waals surface area contributed by atoms with E-state index in [9.17, 15) is 28.0 Å². The van der Waals surface area contributed by atoms with E-state index >= 15 is 0 Å². The number of rotatable bonds is 4. The molecular weight excluding hydrogens is 597 g/mol. The number of hydrogen-bond acceptors (Lipinski definition) is 9. The molecule has 5 heterocycles. The number of aromatic nitrogens is 6. The van der Waals surface area contributed by atoms with Gasteiger partial charge in [-0.2, -0.15) is 18.4 Å². The number of fused-ring (bicyclic) bond motifs is 3. The summed E-state index contributed by atoms with van der Waals surface area (Å²) in [4.78, 5) is 40.4. The number of alkyl halides is 3. The lowest BCUT2D eigenvalue weighted by Crippen LogP contribution is -2.34. The topological polar surface area (TPSA) is 135 Å². The highest BCUT2D eigenvalue weighted by molar-refractivity contribution is 7.22. The number of methoxy groups -OCH3 is 1. The van der Waals surface area contributed by atoms with Gasteiger partial charge in [0.1, 0.15) is 16.3 Å². The zero-order chi connectivity index (χ0) is 30.7. The second-order valence-electron chi connectivity index (χ2n) is 10.0. The van der Waals surface area contributed by atoms with E-state index in [4.69, 9.17) is 4.74 Å². The molecular formula is C29H19F3N8O3S. The van der Waals surface area contributed by atoms with Gasteiger partial charge in [-0.3, -0.25) is 9.78 Å². The molecule has 1 N–H and O–H groups in total. The molecule has 44 heavy (non-hydrogen) atoms. The summed E-state index contributed by atoms with van der Waals surface area (Å²) in [6.07, 6.45) is -1.63. The summed E-state index contributed by atoms with van der Waals surface area (Å²) in [6, 6.07) is 14.1. The molecule has 0 radical (unpaired) electrons. The molecule has 0 saturated carbocycles. The van der Waals surface area contributed by atoms with Crippen molar-refractivity contribution in [1.82, 2.24) is 29.3 Å². The molecule has 0 aliphatic carbocycles. The average Bonchev–Trinajstić information content (AvgIpc) is 3.65. The minimum Gasteiger partial charge on any atom is -0.497 e. The Labute approximate surface area is 249 Å². The van der Waals surface area contributed by atoms with Gasteiger partial charge in [0.05, 0.1) is 49.2 Å². The maximum atomic E-state index is 13.8. The summed E-state index contributed by atoms with van der Waals surface area (Å²) in [5.41, 5.74) is 0.945. The molecule has 7 rings (SSSR count). The van der Waals surface area contributed by atoms with Crippen molar-refractivity contribution in [2.45, 2.75) is 19.3 Å². The summed E-state index contributed by atoms with van der Waals surface area (Å²) in [5.74, 6) is -0.460. The summed E-state index contributed by atoms with van der Waals surface area (Å²) in [5, 5.41) is 14.4. The van der Waals surface area contributed by atoms with Gasteiger partial charge in [-0.05, 0) is 36.4 Å². The lowest BCUT2D eigenvalue weighted by Gasteiger charge is -2.29. The van der Waals surface area contributed by atoms with Crippen LogP contribution in [0.15, 0.2) is 64.4 Å². The van der Waals surface area contributed by atoms with Crippen LogP contribution in [0.3, 0.4) is 0 Å². The van der Waals surface area contributed by atoms with E-state index in [1.165, 1.54) is 18.0 Å². The lowest BCUT2D eigenvalue weighted by atomic mass is 10.1. The van der Waals surface area contributed by atoms with Gasteiger partial charge in [0.15, 0.2) is 0 Å². The minimum atomic E-state index is -4.64. The smallest absolute Gasteiger partial charge is 0.453 e. The Hall–Kier alpha value is -5.49. The largest absolute Gasteiger partial charge is 0.497 e. The van der Waals surface area contributed by atoms with Gasteiger partial charge >= 0.3 is 11.9 Å². The van der Waals surface area contributed by atoms with Crippen LogP contribution in [0, 0.1) is 11.3 Å². The van der Waals surface area contributed by atoms with Gasteiger partial charge in [0.2, 0.25) is 0 Å². The SMILES string of the molecule is COc1ccc(C#N)c(-c2cc3[nH]c(=O)n(-c4cncc5ccc(N6CCn7nc(C(F)(F)F)nc7C6)cc45)c(=O)c3s2)c1. The maximum absolute atomic E-state index is 13.8. The molecule has 2 aromatic carbocycles. The number of thiophene rings is 1. The number of nitriles is 1. The third-order valence-electron chi connectivity index (χ3n) is 7.43. The van der Waals surface area contributed by atoms with E-state index in [1.54, 1.807) is 48.7 Å². The third kappa shape index (κ3) is 4.47. The molecule has 0 amide bonds. The van der Waals surface area contributed by atoms with E-state index in [-0.39, 0.29) is 29.3 Å². The number of nitrogens with zero attached hydrogens (tertiary/aromatic N) is 7. The van der Waals surface area contributed by atoms with Crippen molar-refractivity contribution in [2.75, 3.05) is 18.6 Å². The summed E-state index contributed by atoms with van der Waals surface area (Å²) >= 11 is 1.14. The van der Waals surface area contributed by atoms with Crippen LogP contribution in [-0.2, 0) is 19.3 Å². The second kappa shape index (κ2) is 10.1. The van der Waals surface area contributed by atoms with Gasteiger partial charge in [0, 0.05) is 39.6 Å². The number of nitrogens with one attached hydrogen (secondary N) is 1. The standard InChI is InChI=1S/C29H19F3N8O3S/c1-43-18-5-3-15(11-33)20(9-18)23-10-21-25(44-23)26(41)40(28(42)35-21)22-13-34-12-16-2-4-17(8-19(16)22)38-6-7-39-24(14-38)36-27(37-39)29(30,31)32/h2-5,8-10,12-13H,6-7,14H2,1H3,(H,35,42). The van der Waals surface area contributed by atoms with Crippen LogP contribution in [0.25, 0.3) is 37.1 Å². The molecule has 0 atom stereocenters. The molecule has 0 bridgehead atoms. The van der Waals surface area contributed by atoms with Crippen molar-refractivity contribution < 1.29 is 17.9 Å². The van der Waals surface area contributed by atoms with Crippen LogP contribution in [0.2, 0.25) is 0 Å². The van der Waals surface area contributed by atoms with Crippen LogP contribution in [0.5, 0.6) is 5.75 Å². The maximum Gasteiger partial charge on any atom is 0.453 e. The summed E-state index contributed by atoms with van der Waals surface area (Å²) in [7, 11) is 1.51. The van der Waals surface area contributed by atoms with Crippen molar-refractivity contribution in [3.05, 3.63) is 92.9 Å². The lowest BCUT2D eigenvalue weighted by molar-refractivity contribution is -0.145. The number of ether oxygens (including phenoxy) is 1. The Morgan fingerprint density at radius 1 is 1.09 bits per heavy atom. The van der Waals surface area contributed by atoms with Gasteiger partial charge in [-0.1, -0.05) is 6.07 Å². The molecule has 0 saturated heterocycles. The first-order valence-electron chi connectivity index (χ1n) is 13.2. The average molecular weight is 617 g/mol. The van der Waals surface area contributed by atoms with Gasteiger partial charge in [-0.25, -0.2) is 19.0 Å². The molecule has 15 heteroatoms. The van der Waals surface area contributed by atoms with E-state index in [1.807, 2.05) is 4.90 Å². The Bertz CT molecular complexity index is 2280. The molecule has 0 fully saturated rings. The second-order valence-corrected chi connectivity index (χ2v) is 11.1. The fourth-order valence-corrected chi connectivity index (χ4v) is 6.37. The van der Waals surface area contributed by atoms with E-state index in [0.29, 0.717) is 50.3 Å². The van der Waals surface area contributed by atoms with Crippen molar-refractivity contribution >= 4 is 38.0 Å². The zero-order valence-electron chi connectivity index (χ0n) is 22.7. The molecule has 4 aromatic heterocycles. The highest BCUT2D eigenvalue weighted by atomic mass is 32.1. The Morgan fingerprint density at radius 3 is 2.70 bits per heavy atom. The van der Waals surface area contributed by atoms with Gasteiger partial charge in [-0.15, -0.1) is 16.4 Å². The first kappa shape index (κ1) is 27.3. The Morgan fingerprint density at radius 2 is 1.93 bits per heavy atom. The van der Waals surface area contributed by atoms with Crippen LogP contribution in [0.4, 0.5) is 18.9 Å². The van der Waals surface area contributed by atoms with E-state index in [2.05, 4.69) is 26.1 Å². The number of H-pyrrole nitrogens is 1. The fourth-order valence-electron chi connectivity index (χ4n) is 5.30. The van der Waals surface area contributed by atoms with Crippen LogP contribution < -0.4 is 20.9 Å². The molecule has 1 aliphatic rings. The van der Waals surface area contributed by atoms with E-state index < -0.39 is 23.2 Å². The summed E-state index contributed by atoms with van der Waals surface area (Å²) < 4.78 is 47.3. The Balaban J connectivity index is 1.32.